The summed E-state index contributed by atoms with van der Waals surface area (Å²) in [6.45, 7) is 3.10. The van der Waals surface area contributed by atoms with E-state index in [0.29, 0.717) is 23.1 Å². The van der Waals surface area contributed by atoms with Crippen LogP contribution in [0.1, 0.15) is 15.2 Å². The fraction of sp³-hybridized carbons (Fsp3) is 0.294. The second kappa shape index (κ2) is 7.48. The molecule has 0 unspecified atom stereocenters. The number of amides is 1. The van der Waals surface area contributed by atoms with E-state index >= 15 is 0 Å². The van der Waals surface area contributed by atoms with E-state index in [9.17, 15) is 14.9 Å². The van der Waals surface area contributed by atoms with Crippen molar-refractivity contribution in [3.63, 3.8) is 0 Å². The first-order chi connectivity index (χ1) is 12.4. The number of nitrogens with zero attached hydrogens (tertiary/aromatic N) is 4. The minimum absolute atomic E-state index is 0.0407. The van der Waals surface area contributed by atoms with Crippen molar-refractivity contribution in [3.8, 4) is 0 Å². The highest BCUT2D eigenvalue weighted by Gasteiger charge is 2.24. The van der Waals surface area contributed by atoms with Gasteiger partial charge < -0.3 is 4.90 Å². The summed E-state index contributed by atoms with van der Waals surface area (Å²) in [6.07, 6.45) is 0. The fourth-order valence-corrected chi connectivity index (χ4v) is 4.29. The van der Waals surface area contributed by atoms with Crippen LogP contribution >= 0.6 is 22.7 Å². The van der Waals surface area contributed by atoms with Crippen LogP contribution in [0, 0.1) is 17.0 Å². The summed E-state index contributed by atoms with van der Waals surface area (Å²) in [6, 6.07) is 8.81. The Hall–Kier alpha value is -2.36. The third-order valence-corrected chi connectivity index (χ3v) is 5.91. The number of aryl methyl sites for hydroxylation is 1. The molecule has 0 radical (unpaired) electrons. The molecule has 0 aliphatic heterocycles. The second-order valence-corrected chi connectivity index (χ2v) is 8.14. The number of likely N-dealkylation sites (N-methyl/N-ethyl adjacent to an activating group) is 1. The van der Waals surface area contributed by atoms with E-state index in [1.165, 1.54) is 23.5 Å². The van der Waals surface area contributed by atoms with E-state index in [2.05, 4.69) is 4.98 Å². The van der Waals surface area contributed by atoms with Crippen molar-refractivity contribution < 1.29 is 9.72 Å². The number of nitro groups is 1. The van der Waals surface area contributed by atoms with Gasteiger partial charge in [-0.2, -0.15) is 0 Å². The number of thiazole rings is 1. The Morgan fingerprint density at radius 1 is 1.19 bits per heavy atom. The Bertz CT molecular complexity index is 964. The van der Waals surface area contributed by atoms with Gasteiger partial charge in [-0.15, -0.1) is 0 Å². The van der Waals surface area contributed by atoms with Gasteiger partial charge in [0.1, 0.15) is 0 Å². The zero-order valence-corrected chi connectivity index (χ0v) is 16.3. The average Bonchev–Trinajstić information content (AvgIpc) is 3.22. The van der Waals surface area contributed by atoms with Crippen LogP contribution in [0.5, 0.6) is 0 Å². The van der Waals surface area contributed by atoms with E-state index in [0.717, 1.165) is 27.1 Å². The van der Waals surface area contributed by atoms with Gasteiger partial charge in [0.15, 0.2) is 5.13 Å². The Labute approximate surface area is 158 Å². The van der Waals surface area contributed by atoms with Crippen LogP contribution in [0.4, 0.5) is 10.1 Å². The minimum Gasteiger partial charge on any atom is -0.308 e. The van der Waals surface area contributed by atoms with Crippen LogP contribution < -0.4 is 4.90 Å². The summed E-state index contributed by atoms with van der Waals surface area (Å²) in [4.78, 5) is 32.0. The van der Waals surface area contributed by atoms with Gasteiger partial charge in [-0.3, -0.25) is 19.8 Å². The van der Waals surface area contributed by atoms with Crippen molar-refractivity contribution >= 4 is 48.9 Å². The molecule has 0 fully saturated rings. The topological polar surface area (TPSA) is 79.6 Å². The molecule has 26 heavy (non-hydrogen) atoms. The van der Waals surface area contributed by atoms with Crippen LogP contribution in [-0.2, 0) is 0 Å². The van der Waals surface area contributed by atoms with Gasteiger partial charge in [-0.05, 0) is 38.7 Å². The van der Waals surface area contributed by atoms with Crippen molar-refractivity contribution in [1.82, 2.24) is 9.88 Å². The summed E-state index contributed by atoms with van der Waals surface area (Å²) in [5.41, 5.74) is 1.93. The molecule has 1 amide bonds. The first kappa shape index (κ1) is 18.4. The zero-order chi connectivity index (χ0) is 18.8. The number of benzene rings is 1. The van der Waals surface area contributed by atoms with Crippen molar-refractivity contribution in [2.75, 3.05) is 32.1 Å². The summed E-state index contributed by atoms with van der Waals surface area (Å²) in [5, 5.41) is 11.5. The van der Waals surface area contributed by atoms with Crippen molar-refractivity contribution in [2.45, 2.75) is 6.92 Å². The lowest BCUT2D eigenvalue weighted by molar-refractivity contribution is -0.380. The number of carbonyl (C=O) groups excluding carboxylic acids is 1. The fourth-order valence-electron chi connectivity index (χ4n) is 2.45. The number of para-hydroxylation sites is 1. The maximum absolute atomic E-state index is 13.0. The molecule has 2 aromatic heterocycles. The molecular weight excluding hydrogens is 372 g/mol. The van der Waals surface area contributed by atoms with Crippen LogP contribution in [-0.4, -0.2) is 47.9 Å². The molecule has 0 aliphatic rings. The monoisotopic (exact) mass is 390 g/mol. The number of carbonyl (C=O) groups is 1. The quantitative estimate of drug-likeness (QED) is 0.473. The number of rotatable bonds is 6. The molecule has 0 bridgehead atoms. The first-order valence-electron chi connectivity index (χ1n) is 7.94. The predicted octanol–water partition coefficient (Wildman–Crippen LogP) is 3.78. The highest BCUT2D eigenvalue weighted by atomic mass is 32.1. The van der Waals surface area contributed by atoms with Crippen LogP contribution in [0.15, 0.2) is 30.3 Å². The summed E-state index contributed by atoms with van der Waals surface area (Å²) < 4.78 is 1.01. The average molecular weight is 390 g/mol. The van der Waals surface area contributed by atoms with Gasteiger partial charge in [0, 0.05) is 19.2 Å². The van der Waals surface area contributed by atoms with E-state index in [-0.39, 0.29) is 10.9 Å². The maximum atomic E-state index is 13.0. The lowest BCUT2D eigenvalue weighted by Gasteiger charge is -2.21. The predicted molar refractivity (Wildman–Crippen MR) is 106 cm³/mol. The molecule has 136 valence electrons. The van der Waals surface area contributed by atoms with E-state index < -0.39 is 4.92 Å². The highest BCUT2D eigenvalue weighted by Crippen LogP contribution is 2.33. The number of aromatic nitrogens is 1. The number of hydrogen-bond acceptors (Lipinski definition) is 7. The van der Waals surface area contributed by atoms with Crippen LogP contribution in [0.25, 0.3) is 10.2 Å². The van der Waals surface area contributed by atoms with Crippen molar-refractivity contribution in [3.05, 3.63) is 50.9 Å². The Kier molecular flexibility index (Phi) is 5.30. The van der Waals surface area contributed by atoms with E-state index in [1.807, 2.05) is 44.1 Å². The van der Waals surface area contributed by atoms with Crippen molar-refractivity contribution in [1.29, 1.82) is 0 Å². The van der Waals surface area contributed by atoms with E-state index in [4.69, 9.17) is 0 Å². The standard InChI is InChI=1S/C17H18N4O3S2/c1-11-5-4-6-12-15(11)18-17(26-12)20(10-9-19(2)3)16(22)13-7-8-14(25-13)21(23)24/h4-8H,9-10H2,1-3H3. The molecule has 3 rings (SSSR count). The van der Waals surface area contributed by atoms with Gasteiger partial charge in [0.25, 0.3) is 5.91 Å². The number of anilines is 1. The van der Waals surface area contributed by atoms with Gasteiger partial charge >= 0.3 is 5.00 Å². The van der Waals surface area contributed by atoms with Gasteiger partial charge in [-0.25, -0.2) is 4.98 Å². The maximum Gasteiger partial charge on any atom is 0.324 e. The molecule has 0 atom stereocenters. The highest BCUT2D eigenvalue weighted by molar-refractivity contribution is 7.22. The SMILES string of the molecule is Cc1cccc2sc(N(CCN(C)C)C(=O)c3ccc([N+](=O)[O-])s3)nc12. The van der Waals surface area contributed by atoms with Gasteiger partial charge in [0.05, 0.1) is 20.0 Å². The van der Waals surface area contributed by atoms with Gasteiger partial charge in [-0.1, -0.05) is 34.8 Å². The summed E-state index contributed by atoms with van der Waals surface area (Å²) in [7, 11) is 3.86. The molecular formula is C17H18N4O3S2. The molecule has 3 aromatic rings. The first-order valence-corrected chi connectivity index (χ1v) is 9.57. The Balaban J connectivity index is 1.98. The normalized spacial score (nSPS) is 11.2. The largest absolute Gasteiger partial charge is 0.324 e. The Morgan fingerprint density at radius 2 is 1.96 bits per heavy atom. The molecule has 0 aliphatic carbocycles. The molecule has 2 heterocycles. The Morgan fingerprint density at radius 3 is 2.58 bits per heavy atom. The van der Waals surface area contributed by atoms with Crippen LogP contribution in [0.3, 0.4) is 0 Å². The number of hydrogen-bond donors (Lipinski definition) is 0. The third kappa shape index (κ3) is 3.74. The second-order valence-electron chi connectivity index (χ2n) is 6.07. The summed E-state index contributed by atoms with van der Waals surface area (Å²) >= 11 is 2.34. The van der Waals surface area contributed by atoms with Crippen molar-refractivity contribution in [2.24, 2.45) is 0 Å². The molecule has 1 aromatic carbocycles. The number of thiophene rings is 1. The molecule has 9 heteroatoms. The van der Waals surface area contributed by atoms with E-state index in [1.54, 1.807) is 4.90 Å². The van der Waals surface area contributed by atoms with Gasteiger partial charge in [0.2, 0.25) is 0 Å². The zero-order valence-electron chi connectivity index (χ0n) is 14.6. The number of fused-ring (bicyclic) bond motifs is 1. The molecule has 0 saturated heterocycles. The minimum atomic E-state index is -0.480. The molecule has 0 saturated carbocycles. The summed E-state index contributed by atoms with van der Waals surface area (Å²) in [5.74, 6) is -0.262. The molecule has 0 N–H and O–H groups in total. The molecule has 0 spiro atoms. The lowest BCUT2D eigenvalue weighted by Crippen LogP contribution is -2.36. The smallest absolute Gasteiger partial charge is 0.308 e. The molecule has 7 nitrogen and oxygen atoms in total. The third-order valence-electron chi connectivity index (χ3n) is 3.84. The van der Waals surface area contributed by atoms with Crippen LogP contribution in [0.2, 0.25) is 0 Å². The lowest BCUT2D eigenvalue weighted by atomic mass is 10.2.